The summed E-state index contributed by atoms with van der Waals surface area (Å²) in [6.07, 6.45) is 2.71. The zero-order chi connectivity index (χ0) is 18.2. The number of carbonyl (C=O) groups is 1. The molecule has 2 saturated heterocycles. The Hall–Kier alpha value is -1.40. The standard InChI is InChI=1S/C19H28N2O3S/c1-14(2)25(23,24)21-13-17(16-9-5-4-6-10-16)19-18(21)11-7-8-12-20(19)15(3)22/h4-6,9-10,14,17-19H,7-8,11-13H2,1-3H3/t17-,18-,19-/m0/s1. The Bertz CT molecular complexity index is 717. The second kappa shape index (κ2) is 7.08. The smallest absolute Gasteiger partial charge is 0.219 e. The largest absolute Gasteiger partial charge is 0.338 e. The van der Waals surface area contributed by atoms with Gasteiger partial charge in [0.2, 0.25) is 15.9 Å². The number of hydrogen-bond donors (Lipinski definition) is 0. The maximum Gasteiger partial charge on any atom is 0.219 e. The van der Waals surface area contributed by atoms with Gasteiger partial charge in [-0.05, 0) is 32.3 Å². The molecule has 2 heterocycles. The van der Waals surface area contributed by atoms with Crippen LogP contribution in [0.4, 0.5) is 0 Å². The summed E-state index contributed by atoms with van der Waals surface area (Å²) < 4.78 is 27.6. The van der Waals surface area contributed by atoms with E-state index in [-0.39, 0.29) is 23.9 Å². The third kappa shape index (κ3) is 3.34. The Kier molecular flexibility index (Phi) is 5.21. The van der Waals surface area contributed by atoms with E-state index in [2.05, 4.69) is 12.1 Å². The first-order chi connectivity index (χ1) is 11.8. The fourth-order valence-electron chi connectivity index (χ4n) is 4.33. The summed E-state index contributed by atoms with van der Waals surface area (Å²) >= 11 is 0. The minimum absolute atomic E-state index is 0.0294. The molecule has 0 radical (unpaired) electrons. The maximum atomic E-state index is 13.0. The van der Waals surface area contributed by atoms with Crippen molar-refractivity contribution >= 4 is 15.9 Å². The number of benzene rings is 1. The molecule has 3 rings (SSSR count). The predicted octanol–water partition coefficient (Wildman–Crippen LogP) is 2.59. The Morgan fingerprint density at radius 2 is 1.84 bits per heavy atom. The fourth-order valence-corrected chi connectivity index (χ4v) is 5.85. The first-order valence-electron chi connectivity index (χ1n) is 9.17. The van der Waals surface area contributed by atoms with Crippen molar-refractivity contribution in [2.45, 2.75) is 63.3 Å². The van der Waals surface area contributed by atoms with Crippen molar-refractivity contribution in [1.29, 1.82) is 0 Å². The van der Waals surface area contributed by atoms with Gasteiger partial charge in [0.15, 0.2) is 0 Å². The summed E-state index contributed by atoms with van der Waals surface area (Å²) in [6, 6.07) is 9.85. The highest BCUT2D eigenvalue weighted by Gasteiger charge is 2.51. The lowest BCUT2D eigenvalue weighted by Gasteiger charge is -2.35. The molecule has 0 aliphatic carbocycles. The maximum absolute atomic E-state index is 13.0. The number of nitrogens with zero attached hydrogens (tertiary/aromatic N) is 2. The zero-order valence-corrected chi connectivity index (χ0v) is 16.1. The van der Waals surface area contributed by atoms with E-state index in [1.807, 2.05) is 23.1 Å². The van der Waals surface area contributed by atoms with Gasteiger partial charge >= 0.3 is 0 Å². The van der Waals surface area contributed by atoms with Crippen molar-refractivity contribution in [2.75, 3.05) is 13.1 Å². The molecule has 1 aromatic rings. The van der Waals surface area contributed by atoms with Gasteiger partial charge in [0.05, 0.1) is 11.3 Å². The van der Waals surface area contributed by atoms with Crippen molar-refractivity contribution in [1.82, 2.24) is 9.21 Å². The van der Waals surface area contributed by atoms with Crippen LogP contribution in [0.1, 0.15) is 51.5 Å². The van der Waals surface area contributed by atoms with Crippen LogP contribution in [0.2, 0.25) is 0 Å². The summed E-state index contributed by atoms with van der Waals surface area (Å²) in [6.45, 7) is 6.25. The SMILES string of the molecule is CC(=O)N1CCCC[C@H]2[C@@H]1[C@H](c1ccccc1)CN2S(=O)(=O)C(C)C. The van der Waals surface area contributed by atoms with Crippen LogP contribution in [-0.2, 0) is 14.8 Å². The van der Waals surface area contributed by atoms with Crippen molar-refractivity contribution in [2.24, 2.45) is 0 Å². The summed E-state index contributed by atoms with van der Waals surface area (Å²) in [5.41, 5.74) is 1.12. The van der Waals surface area contributed by atoms with E-state index < -0.39 is 15.3 Å². The summed E-state index contributed by atoms with van der Waals surface area (Å²) in [4.78, 5) is 14.2. The molecule has 3 atom stereocenters. The molecule has 0 bridgehead atoms. The van der Waals surface area contributed by atoms with Crippen LogP contribution in [0, 0.1) is 0 Å². The van der Waals surface area contributed by atoms with Crippen LogP contribution in [0.25, 0.3) is 0 Å². The van der Waals surface area contributed by atoms with E-state index in [1.165, 1.54) is 0 Å². The molecule has 2 fully saturated rings. The molecule has 0 unspecified atom stereocenters. The van der Waals surface area contributed by atoms with Gasteiger partial charge in [-0.2, -0.15) is 4.31 Å². The average Bonchev–Trinajstić information content (AvgIpc) is 2.81. The van der Waals surface area contributed by atoms with Crippen LogP contribution in [-0.4, -0.2) is 54.0 Å². The first-order valence-corrected chi connectivity index (χ1v) is 10.7. The van der Waals surface area contributed by atoms with E-state index in [9.17, 15) is 13.2 Å². The zero-order valence-electron chi connectivity index (χ0n) is 15.3. The van der Waals surface area contributed by atoms with Gasteiger partial charge in [-0.1, -0.05) is 36.8 Å². The highest BCUT2D eigenvalue weighted by Crippen LogP contribution is 2.41. The lowest BCUT2D eigenvalue weighted by molar-refractivity contribution is -0.131. The second-order valence-electron chi connectivity index (χ2n) is 7.45. The monoisotopic (exact) mass is 364 g/mol. The highest BCUT2D eigenvalue weighted by atomic mass is 32.2. The van der Waals surface area contributed by atoms with Crippen LogP contribution in [0.3, 0.4) is 0 Å². The van der Waals surface area contributed by atoms with Crippen LogP contribution in [0.15, 0.2) is 30.3 Å². The van der Waals surface area contributed by atoms with Crippen molar-refractivity contribution in [3.8, 4) is 0 Å². The molecule has 0 N–H and O–H groups in total. The normalized spacial score (nSPS) is 28.0. The van der Waals surface area contributed by atoms with E-state index in [4.69, 9.17) is 0 Å². The number of rotatable bonds is 3. The number of carbonyl (C=O) groups excluding carboxylic acids is 1. The van der Waals surface area contributed by atoms with Crippen molar-refractivity contribution in [3.63, 3.8) is 0 Å². The molecular formula is C19H28N2O3S. The molecule has 6 heteroatoms. The lowest BCUT2D eigenvalue weighted by Crippen LogP contribution is -2.49. The molecule has 2 aliphatic heterocycles. The fraction of sp³-hybridized carbons (Fsp3) is 0.632. The number of sulfonamides is 1. The van der Waals surface area contributed by atoms with Gasteiger partial charge in [-0.25, -0.2) is 8.42 Å². The van der Waals surface area contributed by atoms with Gasteiger partial charge in [-0.3, -0.25) is 4.79 Å². The number of amides is 1. The Balaban J connectivity index is 2.07. The predicted molar refractivity (Wildman–Crippen MR) is 98.8 cm³/mol. The molecule has 2 aliphatic rings. The van der Waals surface area contributed by atoms with E-state index >= 15 is 0 Å². The molecule has 1 amide bonds. The van der Waals surface area contributed by atoms with E-state index in [1.54, 1.807) is 25.1 Å². The molecule has 5 nitrogen and oxygen atoms in total. The van der Waals surface area contributed by atoms with Crippen LogP contribution >= 0.6 is 0 Å². The number of likely N-dealkylation sites (tertiary alicyclic amines) is 1. The Morgan fingerprint density at radius 1 is 1.16 bits per heavy atom. The lowest BCUT2D eigenvalue weighted by atomic mass is 9.89. The topological polar surface area (TPSA) is 57.7 Å². The third-order valence-electron chi connectivity index (χ3n) is 5.62. The van der Waals surface area contributed by atoms with Gasteiger partial charge < -0.3 is 4.90 Å². The van der Waals surface area contributed by atoms with Gasteiger partial charge in [0.1, 0.15) is 0 Å². The van der Waals surface area contributed by atoms with E-state index in [0.29, 0.717) is 6.54 Å². The Labute approximate surface area is 151 Å². The molecule has 138 valence electrons. The number of fused-ring (bicyclic) bond motifs is 1. The molecule has 0 saturated carbocycles. The number of hydrogen-bond acceptors (Lipinski definition) is 3. The van der Waals surface area contributed by atoms with Gasteiger partial charge in [0.25, 0.3) is 0 Å². The molecule has 25 heavy (non-hydrogen) atoms. The average molecular weight is 365 g/mol. The van der Waals surface area contributed by atoms with E-state index in [0.717, 1.165) is 31.4 Å². The minimum atomic E-state index is -3.36. The van der Waals surface area contributed by atoms with Crippen LogP contribution < -0.4 is 0 Å². The quantitative estimate of drug-likeness (QED) is 0.828. The molecule has 0 spiro atoms. The Morgan fingerprint density at radius 3 is 2.44 bits per heavy atom. The van der Waals surface area contributed by atoms with Crippen LogP contribution in [0.5, 0.6) is 0 Å². The molecular weight excluding hydrogens is 336 g/mol. The van der Waals surface area contributed by atoms with Gasteiger partial charge in [0, 0.05) is 32.0 Å². The second-order valence-corrected chi connectivity index (χ2v) is 9.89. The minimum Gasteiger partial charge on any atom is -0.338 e. The summed E-state index contributed by atoms with van der Waals surface area (Å²) in [5.74, 6) is 0.0725. The molecule has 0 aromatic heterocycles. The summed E-state index contributed by atoms with van der Waals surface area (Å²) in [5, 5.41) is -0.447. The van der Waals surface area contributed by atoms with Gasteiger partial charge in [-0.15, -0.1) is 0 Å². The van der Waals surface area contributed by atoms with Crippen molar-refractivity contribution in [3.05, 3.63) is 35.9 Å². The molecule has 1 aromatic carbocycles. The highest BCUT2D eigenvalue weighted by molar-refractivity contribution is 7.89. The van der Waals surface area contributed by atoms with Crippen molar-refractivity contribution < 1.29 is 13.2 Å². The summed E-state index contributed by atoms with van der Waals surface area (Å²) in [7, 11) is -3.36. The first kappa shape index (κ1) is 18.4. The third-order valence-corrected chi connectivity index (χ3v) is 7.88.